The lowest BCUT2D eigenvalue weighted by molar-refractivity contribution is -0.742. The van der Waals surface area contributed by atoms with Crippen molar-refractivity contribution in [1.82, 2.24) is 14.5 Å². The molecule has 0 saturated heterocycles. The van der Waals surface area contributed by atoms with Crippen molar-refractivity contribution < 1.29 is 17.7 Å². The highest BCUT2D eigenvalue weighted by Gasteiger charge is 2.16. The number of nitrogens with zero attached hydrogens (tertiary/aromatic N) is 4. The Hall–Kier alpha value is -1.45. The van der Waals surface area contributed by atoms with E-state index in [2.05, 4.69) is 14.5 Å². The topological polar surface area (TPSA) is 96.9 Å². The van der Waals surface area contributed by atoms with E-state index in [-0.39, 0.29) is 12.3 Å². The molecule has 2 heterocycles. The molecular weight excluding hydrogens is 264 g/mol. The largest absolute Gasteiger partial charge is 0.285 e. The van der Waals surface area contributed by atoms with E-state index in [0.717, 1.165) is 16.4 Å². The van der Waals surface area contributed by atoms with E-state index in [9.17, 15) is 8.42 Å². The summed E-state index contributed by atoms with van der Waals surface area (Å²) in [6, 6.07) is 1.71. The standard InChI is InChI=1S/C8H8N4O3S2/c13-17(14,15)5-4-12-6-7(16-11-12)8-9-2-1-3-10-8/h1-3,6H,4-5H2/p+1. The third-order valence-corrected chi connectivity index (χ3v) is 3.35. The second kappa shape index (κ2) is 4.82. The SMILES string of the molecule is O=S(=O)(O)CC[n+]1cc(-c2ncccn2)sn1. The van der Waals surface area contributed by atoms with E-state index in [0.29, 0.717) is 5.82 Å². The predicted molar refractivity (Wildman–Crippen MR) is 59.8 cm³/mol. The van der Waals surface area contributed by atoms with Crippen LogP contribution < -0.4 is 4.68 Å². The predicted octanol–water partition coefficient (Wildman–Crippen LogP) is -0.225. The Morgan fingerprint density at radius 2 is 2.06 bits per heavy atom. The number of rotatable bonds is 4. The molecule has 2 rings (SSSR count). The maximum atomic E-state index is 10.6. The highest BCUT2D eigenvalue weighted by atomic mass is 32.2. The first-order valence-corrected chi connectivity index (χ1v) is 7.02. The van der Waals surface area contributed by atoms with E-state index in [1.165, 1.54) is 4.68 Å². The molecule has 0 saturated carbocycles. The van der Waals surface area contributed by atoms with Crippen molar-refractivity contribution in [2.24, 2.45) is 0 Å². The quantitative estimate of drug-likeness (QED) is 0.611. The molecule has 2 aromatic heterocycles. The van der Waals surface area contributed by atoms with Crippen molar-refractivity contribution >= 4 is 21.7 Å². The van der Waals surface area contributed by atoms with Gasteiger partial charge in [-0.3, -0.25) is 4.55 Å². The van der Waals surface area contributed by atoms with Gasteiger partial charge in [-0.25, -0.2) is 9.97 Å². The van der Waals surface area contributed by atoms with Crippen LogP contribution in [0.4, 0.5) is 0 Å². The molecule has 0 amide bonds. The summed E-state index contributed by atoms with van der Waals surface area (Å²) in [7, 11) is -3.97. The van der Waals surface area contributed by atoms with Gasteiger partial charge in [-0.15, -0.1) is 0 Å². The molecule has 0 atom stereocenters. The number of aromatic nitrogens is 4. The van der Waals surface area contributed by atoms with E-state index in [4.69, 9.17) is 4.55 Å². The third-order valence-electron chi connectivity index (χ3n) is 1.87. The Labute approximate surface area is 102 Å². The molecule has 7 nitrogen and oxygen atoms in total. The Bertz CT molecular complexity index is 596. The zero-order valence-electron chi connectivity index (χ0n) is 8.59. The molecule has 0 radical (unpaired) electrons. The van der Waals surface area contributed by atoms with Gasteiger partial charge in [0, 0.05) is 23.9 Å². The van der Waals surface area contributed by atoms with Gasteiger partial charge in [0.1, 0.15) is 5.75 Å². The lowest BCUT2D eigenvalue weighted by Crippen LogP contribution is -2.37. The van der Waals surface area contributed by atoms with Gasteiger partial charge in [-0.2, -0.15) is 8.42 Å². The number of aryl methyl sites for hydroxylation is 1. The van der Waals surface area contributed by atoms with Crippen molar-refractivity contribution in [3.63, 3.8) is 0 Å². The summed E-state index contributed by atoms with van der Waals surface area (Å²) in [6.07, 6.45) is 4.88. The second-order valence-electron chi connectivity index (χ2n) is 3.19. The molecule has 0 bridgehead atoms. The summed E-state index contributed by atoms with van der Waals surface area (Å²) in [4.78, 5) is 8.84. The van der Waals surface area contributed by atoms with Gasteiger partial charge in [0.25, 0.3) is 10.1 Å². The smallest absolute Gasteiger partial charge is 0.271 e. The minimum Gasteiger partial charge on any atom is -0.285 e. The third kappa shape index (κ3) is 3.51. The van der Waals surface area contributed by atoms with Gasteiger partial charge < -0.3 is 0 Å². The van der Waals surface area contributed by atoms with Gasteiger partial charge in [0.05, 0.1) is 4.49 Å². The molecule has 0 aliphatic heterocycles. The lowest BCUT2D eigenvalue weighted by atomic mass is 10.5. The summed E-state index contributed by atoms with van der Waals surface area (Å²) in [5.41, 5.74) is 0. The maximum Gasteiger partial charge on any atom is 0.271 e. The van der Waals surface area contributed by atoms with Crippen LogP contribution >= 0.6 is 11.5 Å². The molecular formula is C8H9N4O3S2+. The molecule has 90 valence electrons. The van der Waals surface area contributed by atoms with Gasteiger partial charge in [-0.05, 0) is 6.07 Å². The summed E-state index contributed by atoms with van der Waals surface area (Å²) >= 11 is 1.16. The monoisotopic (exact) mass is 273 g/mol. The van der Waals surface area contributed by atoms with Crippen LogP contribution in [0.2, 0.25) is 0 Å². The van der Waals surface area contributed by atoms with Crippen molar-refractivity contribution in [2.75, 3.05) is 5.75 Å². The molecule has 0 spiro atoms. The highest BCUT2D eigenvalue weighted by Crippen LogP contribution is 2.14. The minimum absolute atomic E-state index is 0.0994. The molecule has 1 N–H and O–H groups in total. The first-order valence-electron chi connectivity index (χ1n) is 4.63. The van der Waals surface area contributed by atoms with Crippen molar-refractivity contribution in [1.29, 1.82) is 0 Å². The zero-order chi connectivity index (χ0) is 12.3. The Balaban J connectivity index is 2.12. The first kappa shape index (κ1) is 12.0. The molecule has 0 aliphatic rings. The molecule has 2 aromatic rings. The summed E-state index contributed by atoms with van der Waals surface area (Å²) < 4.78 is 35.2. The maximum absolute atomic E-state index is 10.6. The molecule has 0 aliphatic carbocycles. The van der Waals surface area contributed by atoms with Crippen LogP contribution in [-0.2, 0) is 16.7 Å². The fourth-order valence-corrected chi connectivity index (χ4v) is 2.21. The summed E-state index contributed by atoms with van der Waals surface area (Å²) in [6.45, 7) is 0.0994. The normalized spacial score (nSPS) is 11.6. The van der Waals surface area contributed by atoms with Gasteiger partial charge in [-0.1, -0.05) is 4.68 Å². The highest BCUT2D eigenvalue weighted by molar-refractivity contribution is 7.85. The first-order chi connectivity index (χ1) is 8.04. The van der Waals surface area contributed by atoms with Crippen molar-refractivity contribution in [3.8, 4) is 10.7 Å². The van der Waals surface area contributed by atoms with E-state index < -0.39 is 10.1 Å². The number of hydrogen-bond donors (Lipinski definition) is 1. The Morgan fingerprint density at radius 3 is 2.71 bits per heavy atom. The molecule has 0 fully saturated rings. The van der Waals surface area contributed by atoms with Crippen LogP contribution in [0.25, 0.3) is 10.7 Å². The van der Waals surface area contributed by atoms with E-state index in [1.807, 2.05) is 0 Å². The second-order valence-corrected chi connectivity index (χ2v) is 5.55. The van der Waals surface area contributed by atoms with E-state index in [1.54, 1.807) is 24.7 Å². The van der Waals surface area contributed by atoms with Crippen molar-refractivity contribution in [2.45, 2.75) is 6.54 Å². The van der Waals surface area contributed by atoms with Gasteiger partial charge >= 0.3 is 0 Å². The summed E-state index contributed by atoms with van der Waals surface area (Å²) in [5.74, 6) is 0.173. The van der Waals surface area contributed by atoms with Crippen LogP contribution in [-0.4, -0.2) is 33.2 Å². The minimum atomic E-state index is -3.97. The fraction of sp³-hybridized carbons (Fsp3) is 0.250. The zero-order valence-corrected chi connectivity index (χ0v) is 10.2. The number of hydrogen-bond acceptors (Lipinski definition) is 6. The van der Waals surface area contributed by atoms with Crippen LogP contribution in [0.3, 0.4) is 0 Å². The van der Waals surface area contributed by atoms with E-state index >= 15 is 0 Å². The van der Waals surface area contributed by atoms with Crippen LogP contribution in [0, 0.1) is 0 Å². The molecule has 0 unspecified atom stereocenters. The Kier molecular flexibility index (Phi) is 3.41. The average molecular weight is 273 g/mol. The Morgan fingerprint density at radius 1 is 1.35 bits per heavy atom. The average Bonchev–Trinajstić information content (AvgIpc) is 2.75. The fourth-order valence-electron chi connectivity index (χ4n) is 1.12. The van der Waals surface area contributed by atoms with Gasteiger partial charge in [0.2, 0.25) is 6.20 Å². The molecule has 17 heavy (non-hydrogen) atoms. The van der Waals surface area contributed by atoms with Crippen LogP contribution in [0.15, 0.2) is 24.7 Å². The van der Waals surface area contributed by atoms with Crippen LogP contribution in [0.1, 0.15) is 0 Å². The van der Waals surface area contributed by atoms with Gasteiger partial charge in [0.15, 0.2) is 17.2 Å². The van der Waals surface area contributed by atoms with Crippen molar-refractivity contribution in [3.05, 3.63) is 24.7 Å². The lowest BCUT2D eigenvalue weighted by Gasteiger charge is -1.89. The summed E-state index contributed by atoms with van der Waals surface area (Å²) in [5, 5.41) is 0. The molecule has 9 heteroatoms. The van der Waals surface area contributed by atoms with Crippen LogP contribution in [0.5, 0.6) is 0 Å². The molecule has 0 aromatic carbocycles.